The summed E-state index contributed by atoms with van der Waals surface area (Å²) >= 11 is 0. The average Bonchev–Trinajstić information content (AvgIpc) is 2.93. The maximum absolute atomic E-state index is 10.0. The monoisotopic (exact) mass is 311 g/mol. The van der Waals surface area contributed by atoms with E-state index in [2.05, 4.69) is 39.0 Å². The van der Waals surface area contributed by atoms with E-state index in [-0.39, 0.29) is 23.7 Å². The molecule has 5 heteroatoms. The summed E-state index contributed by atoms with van der Waals surface area (Å²) in [6.07, 6.45) is 4.41. The first-order valence-corrected chi connectivity index (χ1v) is 8.65. The predicted molar refractivity (Wildman–Crippen MR) is 87.0 cm³/mol. The molecule has 0 aromatic heterocycles. The molecule has 5 nitrogen and oxygen atoms in total. The Balaban J connectivity index is 2.66. The van der Waals surface area contributed by atoms with Crippen molar-refractivity contribution in [1.29, 1.82) is 21.2 Å². The lowest BCUT2D eigenvalue weighted by Gasteiger charge is -2.41. The van der Waals surface area contributed by atoms with Gasteiger partial charge in [-0.2, -0.15) is 15.8 Å². The molecule has 1 N–H and O–H groups in total. The molecule has 1 saturated carbocycles. The molecular weight excluding hydrogens is 286 g/mol. The molecule has 0 spiro atoms. The van der Waals surface area contributed by atoms with Gasteiger partial charge in [0.15, 0.2) is 10.8 Å². The maximum Gasteiger partial charge on any atom is 0.189 e. The molecule has 2 fully saturated rings. The number of hydrogen-bond donors (Lipinski definition) is 1. The molecule has 2 rings (SSSR count). The van der Waals surface area contributed by atoms with E-state index in [4.69, 9.17) is 5.41 Å². The van der Waals surface area contributed by atoms with E-state index in [0.717, 1.165) is 32.1 Å². The van der Waals surface area contributed by atoms with Crippen molar-refractivity contribution in [2.24, 2.45) is 22.7 Å². The minimum atomic E-state index is -1.41. The van der Waals surface area contributed by atoms with Crippen LogP contribution in [0, 0.1) is 62.1 Å². The lowest BCUT2D eigenvalue weighted by Crippen LogP contribution is -2.50. The van der Waals surface area contributed by atoms with Crippen LogP contribution in [0.2, 0.25) is 0 Å². The molecule has 2 bridgehead atoms. The van der Waals surface area contributed by atoms with Gasteiger partial charge in [0.05, 0.1) is 24.2 Å². The Labute approximate surface area is 139 Å². The average molecular weight is 311 g/mol. The number of rotatable bonds is 6. The van der Waals surface area contributed by atoms with Gasteiger partial charge in [0.1, 0.15) is 5.84 Å². The van der Waals surface area contributed by atoms with Gasteiger partial charge in [-0.3, -0.25) is 5.41 Å². The molecule has 1 saturated heterocycles. The lowest BCUT2D eigenvalue weighted by atomic mass is 9.63. The third-order valence-electron chi connectivity index (χ3n) is 5.89. The van der Waals surface area contributed by atoms with Crippen molar-refractivity contribution in [3.63, 3.8) is 0 Å². The van der Waals surface area contributed by atoms with Gasteiger partial charge in [-0.05, 0) is 24.7 Å². The summed E-state index contributed by atoms with van der Waals surface area (Å²) in [5, 5.41) is 38.5. The molecule has 0 amide bonds. The van der Waals surface area contributed by atoms with Crippen molar-refractivity contribution in [3.05, 3.63) is 0 Å². The quantitative estimate of drug-likeness (QED) is 0.812. The minimum Gasteiger partial charge on any atom is -0.353 e. The van der Waals surface area contributed by atoms with Crippen LogP contribution < -0.4 is 0 Å². The Bertz CT molecular complexity index is 590. The Morgan fingerprint density at radius 1 is 1.09 bits per heavy atom. The summed E-state index contributed by atoms with van der Waals surface area (Å²) in [7, 11) is 0. The molecule has 2 aliphatic rings. The standard InChI is InChI=1S/C18H25N5/c1-4-7-9-23-15-13(6-3)14(8-5-2)18(12-21,16(23)22)17(15,10-19)11-20/h13-15,22H,4-9H2,1-3H3/t13-,14-,15+,18-/m1/s1. The number of nitrogens with zero attached hydrogens (tertiary/aromatic N) is 4. The highest BCUT2D eigenvalue weighted by molar-refractivity contribution is 5.95. The summed E-state index contributed by atoms with van der Waals surface area (Å²) in [6, 6.07) is 6.39. The largest absolute Gasteiger partial charge is 0.353 e. The van der Waals surface area contributed by atoms with E-state index < -0.39 is 10.8 Å². The van der Waals surface area contributed by atoms with Gasteiger partial charge in [0.25, 0.3) is 0 Å². The van der Waals surface area contributed by atoms with Gasteiger partial charge in [-0.15, -0.1) is 0 Å². The first-order valence-electron chi connectivity index (χ1n) is 8.65. The van der Waals surface area contributed by atoms with Gasteiger partial charge in [0, 0.05) is 6.54 Å². The molecule has 1 heterocycles. The Morgan fingerprint density at radius 3 is 2.17 bits per heavy atom. The van der Waals surface area contributed by atoms with Crippen molar-refractivity contribution < 1.29 is 0 Å². The second kappa shape index (κ2) is 6.21. The number of nitriles is 3. The van der Waals surface area contributed by atoms with Crippen LogP contribution in [0.25, 0.3) is 0 Å². The summed E-state index contributed by atoms with van der Waals surface area (Å²) in [5.74, 6) is 0.265. The highest BCUT2D eigenvalue weighted by Crippen LogP contribution is 2.67. The van der Waals surface area contributed by atoms with Crippen LogP contribution in [-0.4, -0.2) is 23.3 Å². The summed E-state index contributed by atoms with van der Waals surface area (Å²) in [5.41, 5.74) is -2.68. The van der Waals surface area contributed by atoms with Crippen molar-refractivity contribution >= 4 is 5.84 Å². The Kier molecular flexibility index (Phi) is 4.67. The van der Waals surface area contributed by atoms with Crippen molar-refractivity contribution in [2.75, 3.05) is 6.54 Å². The van der Waals surface area contributed by atoms with Gasteiger partial charge in [0.2, 0.25) is 0 Å². The van der Waals surface area contributed by atoms with Crippen LogP contribution in [0.3, 0.4) is 0 Å². The normalized spacial score (nSPS) is 34.0. The van der Waals surface area contributed by atoms with Gasteiger partial charge >= 0.3 is 0 Å². The molecule has 1 aliphatic heterocycles. The van der Waals surface area contributed by atoms with Crippen LogP contribution in [0.1, 0.15) is 52.9 Å². The van der Waals surface area contributed by atoms with Gasteiger partial charge < -0.3 is 4.90 Å². The number of amidine groups is 1. The number of hydrogen-bond acceptors (Lipinski definition) is 4. The summed E-state index contributed by atoms with van der Waals surface area (Å²) in [6.45, 7) is 6.86. The van der Waals surface area contributed by atoms with Crippen molar-refractivity contribution in [1.82, 2.24) is 4.90 Å². The van der Waals surface area contributed by atoms with E-state index >= 15 is 0 Å². The molecule has 0 unspecified atom stereocenters. The van der Waals surface area contributed by atoms with Crippen molar-refractivity contribution in [3.8, 4) is 18.2 Å². The Morgan fingerprint density at radius 2 is 1.74 bits per heavy atom. The first-order chi connectivity index (χ1) is 11.1. The lowest BCUT2D eigenvalue weighted by molar-refractivity contribution is 0.166. The molecule has 0 aromatic carbocycles. The number of unbranched alkanes of at least 4 members (excludes halogenated alkanes) is 1. The number of piperidine rings is 1. The SMILES string of the molecule is CCCCN1C(=N)[C@@]2(C#N)[C@H](CCC)[C@@H](CC)[C@H]1C2(C#N)C#N. The minimum absolute atomic E-state index is 0.0721. The zero-order valence-corrected chi connectivity index (χ0v) is 14.3. The first kappa shape index (κ1) is 17.3. The third-order valence-corrected chi connectivity index (χ3v) is 5.89. The van der Waals surface area contributed by atoms with E-state index in [9.17, 15) is 15.8 Å². The number of likely N-dealkylation sites (tertiary alicyclic amines) is 1. The summed E-state index contributed by atoms with van der Waals surface area (Å²) < 4.78 is 0. The maximum atomic E-state index is 10.0. The topological polar surface area (TPSA) is 98.5 Å². The van der Waals surface area contributed by atoms with Crippen LogP contribution >= 0.6 is 0 Å². The fourth-order valence-electron chi connectivity index (χ4n) is 4.97. The second-order valence-corrected chi connectivity index (χ2v) is 6.76. The van der Waals surface area contributed by atoms with Gasteiger partial charge in [-0.25, -0.2) is 0 Å². The molecule has 0 radical (unpaired) electrons. The van der Waals surface area contributed by atoms with Crippen LogP contribution in [0.15, 0.2) is 0 Å². The van der Waals surface area contributed by atoms with E-state index in [1.165, 1.54) is 0 Å². The fraction of sp³-hybridized carbons (Fsp3) is 0.778. The fourth-order valence-corrected chi connectivity index (χ4v) is 4.97. The number of fused-ring (bicyclic) bond motifs is 2. The van der Waals surface area contributed by atoms with Crippen LogP contribution in [0.5, 0.6) is 0 Å². The van der Waals surface area contributed by atoms with E-state index in [1.54, 1.807) is 0 Å². The van der Waals surface area contributed by atoms with Crippen LogP contribution in [0.4, 0.5) is 0 Å². The predicted octanol–water partition coefficient (Wildman–Crippen LogP) is 3.45. The highest BCUT2D eigenvalue weighted by Gasteiger charge is 2.79. The molecular formula is C18H25N5. The van der Waals surface area contributed by atoms with E-state index in [1.807, 2.05) is 4.90 Å². The Hall–Kier alpha value is -2.06. The van der Waals surface area contributed by atoms with Crippen LogP contribution in [-0.2, 0) is 0 Å². The summed E-state index contributed by atoms with van der Waals surface area (Å²) in [4.78, 5) is 1.90. The van der Waals surface area contributed by atoms with Gasteiger partial charge in [-0.1, -0.05) is 40.0 Å². The molecule has 23 heavy (non-hydrogen) atoms. The third kappa shape index (κ3) is 1.85. The molecule has 1 aliphatic carbocycles. The smallest absolute Gasteiger partial charge is 0.189 e. The zero-order valence-electron chi connectivity index (χ0n) is 14.3. The van der Waals surface area contributed by atoms with E-state index in [0.29, 0.717) is 6.54 Å². The second-order valence-electron chi connectivity index (χ2n) is 6.76. The zero-order chi connectivity index (χ0) is 17.3. The molecule has 0 aromatic rings. The molecule has 122 valence electrons. The molecule has 4 atom stereocenters. The highest BCUT2D eigenvalue weighted by atomic mass is 15.3. The van der Waals surface area contributed by atoms with Crippen molar-refractivity contribution in [2.45, 2.75) is 58.9 Å². The number of nitrogens with one attached hydrogen (secondary N) is 1.